The largest absolute Gasteiger partial charge is 0.481 e. The first kappa shape index (κ1) is 16.2. The third kappa shape index (κ3) is 5.01. The number of aliphatic carboxylic acids is 1. The minimum absolute atomic E-state index is 0.310. The van der Waals surface area contributed by atoms with E-state index >= 15 is 0 Å². The van der Waals surface area contributed by atoms with E-state index in [1.54, 1.807) is 4.90 Å². The third-order valence-corrected chi connectivity index (χ3v) is 3.01. The lowest BCUT2D eigenvalue weighted by atomic mass is 10.1. The number of carbonyl (C=O) groups is 2. The van der Waals surface area contributed by atoms with Gasteiger partial charge in [0.15, 0.2) is 0 Å². The zero-order chi connectivity index (χ0) is 15.1. The summed E-state index contributed by atoms with van der Waals surface area (Å²) < 4.78 is 0. The first-order chi connectivity index (χ1) is 9.43. The topological polar surface area (TPSA) is 83.6 Å². The number of hydrogen-bond donors (Lipinski definition) is 2. The molecule has 5 heteroatoms. The lowest BCUT2D eigenvalue weighted by Gasteiger charge is -2.25. The highest BCUT2D eigenvalue weighted by Gasteiger charge is 2.22. The minimum Gasteiger partial charge on any atom is -0.481 e. The first-order valence-electron chi connectivity index (χ1n) is 6.75. The molecule has 0 aliphatic rings. The zero-order valence-electron chi connectivity index (χ0n) is 12.0. The van der Waals surface area contributed by atoms with E-state index in [2.05, 4.69) is 0 Å². The van der Waals surface area contributed by atoms with Gasteiger partial charge in [-0.2, -0.15) is 0 Å². The highest BCUT2D eigenvalue weighted by molar-refractivity contribution is 5.85. The average molecular weight is 278 g/mol. The van der Waals surface area contributed by atoms with Gasteiger partial charge in [0.05, 0.1) is 12.5 Å². The van der Waals surface area contributed by atoms with Gasteiger partial charge in [-0.15, -0.1) is 0 Å². The molecule has 0 saturated heterocycles. The van der Waals surface area contributed by atoms with Crippen LogP contribution in [0.5, 0.6) is 0 Å². The molecule has 1 atom stereocenters. The number of benzene rings is 1. The number of rotatable bonds is 7. The summed E-state index contributed by atoms with van der Waals surface area (Å²) in [5, 5.41) is 8.71. The normalized spacial score (nSPS) is 11.9. The van der Waals surface area contributed by atoms with E-state index in [0.29, 0.717) is 13.1 Å². The van der Waals surface area contributed by atoms with Crippen LogP contribution in [0.25, 0.3) is 0 Å². The molecule has 0 aliphatic heterocycles. The Kier molecular flexibility index (Phi) is 6.18. The van der Waals surface area contributed by atoms with Crippen molar-refractivity contribution in [2.45, 2.75) is 39.3 Å². The predicted octanol–water partition coefficient (Wildman–Crippen LogP) is 1.54. The van der Waals surface area contributed by atoms with Crippen LogP contribution in [0.15, 0.2) is 24.3 Å². The summed E-state index contributed by atoms with van der Waals surface area (Å²) in [5.41, 5.74) is 7.83. The third-order valence-electron chi connectivity index (χ3n) is 3.01. The molecule has 5 nitrogen and oxygen atoms in total. The molecule has 0 bridgehead atoms. The number of aryl methyl sites for hydroxylation is 1. The maximum atomic E-state index is 12.2. The molecular formula is C15H22N2O3. The van der Waals surface area contributed by atoms with Crippen molar-refractivity contribution < 1.29 is 14.7 Å². The molecule has 1 unspecified atom stereocenters. The number of hydrogen-bond acceptors (Lipinski definition) is 3. The Bertz CT molecular complexity index is 457. The molecule has 1 rings (SSSR count). The lowest BCUT2D eigenvalue weighted by molar-refractivity contribution is -0.142. The Morgan fingerprint density at radius 2 is 1.90 bits per heavy atom. The SMILES string of the molecule is CCCN(Cc1ccc(C)cc1)C(=O)C(N)CC(=O)O. The number of nitrogens with two attached hydrogens (primary N) is 1. The Labute approximate surface area is 119 Å². The fourth-order valence-electron chi connectivity index (χ4n) is 1.96. The molecule has 1 amide bonds. The minimum atomic E-state index is -1.06. The van der Waals surface area contributed by atoms with Gasteiger partial charge in [0.1, 0.15) is 0 Å². The van der Waals surface area contributed by atoms with Gasteiger partial charge in [-0.3, -0.25) is 9.59 Å². The number of nitrogens with zero attached hydrogens (tertiary/aromatic N) is 1. The standard InChI is InChI=1S/C15H22N2O3/c1-3-8-17(15(20)13(16)9-14(18)19)10-12-6-4-11(2)5-7-12/h4-7,13H,3,8-10,16H2,1-2H3,(H,18,19). The number of carboxylic acid groups (broad SMARTS) is 1. The van der Waals surface area contributed by atoms with Gasteiger partial charge in [0.2, 0.25) is 5.91 Å². The molecule has 0 fully saturated rings. The van der Waals surface area contributed by atoms with E-state index in [0.717, 1.165) is 17.5 Å². The summed E-state index contributed by atoms with van der Waals surface area (Å²) >= 11 is 0. The predicted molar refractivity (Wildman–Crippen MR) is 77.1 cm³/mol. The van der Waals surface area contributed by atoms with Crippen LogP contribution in [-0.4, -0.2) is 34.5 Å². The van der Waals surface area contributed by atoms with Crippen molar-refractivity contribution in [3.05, 3.63) is 35.4 Å². The fraction of sp³-hybridized carbons (Fsp3) is 0.467. The molecule has 0 aromatic heterocycles. The summed E-state index contributed by atoms with van der Waals surface area (Å²) in [6.45, 7) is 5.00. The molecule has 20 heavy (non-hydrogen) atoms. The summed E-state index contributed by atoms with van der Waals surface area (Å²) in [6, 6.07) is 6.93. The Hall–Kier alpha value is -1.88. The van der Waals surface area contributed by atoms with Crippen LogP contribution in [0, 0.1) is 6.92 Å². The number of carboxylic acids is 1. The summed E-state index contributed by atoms with van der Waals surface area (Å²) in [7, 11) is 0. The maximum absolute atomic E-state index is 12.2. The van der Waals surface area contributed by atoms with Crippen molar-refractivity contribution in [2.75, 3.05) is 6.54 Å². The summed E-state index contributed by atoms with van der Waals surface area (Å²) in [4.78, 5) is 24.4. The number of carbonyl (C=O) groups excluding carboxylic acids is 1. The fourth-order valence-corrected chi connectivity index (χ4v) is 1.96. The van der Waals surface area contributed by atoms with Crippen molar-refractivity contribution in [1.29, 1.82) is 0 Å². The van der Waals surface area contributed by atoms with E-state index in [1.165, 1.54) is 0 Å². The van der Waals surface area contributed by atoms with E-state index < -0.39 is 12.0 Å². The van der Waals surface area contributed by atoms with Crippen LogP contribution < -0.4 is 5.73 Å². The Morgan fingerprint density at radius 3 is 2.40 bits per heavy atom. The highest BCUT2D eigenvalue weighted by Crippen LogP contribution is 2.09. The smallest absolute Gasteiger partial charge is 0.305 e. The summed E-state index contributed by atoms with van der Waals surface area (Å²) in [5.74, 6) is -1.37. The molecule has 0 heterocycles. The molecule has 110 valence electrons. The quantitative estimate of drug-likeness (QED) is 0.792. The van der Waals surface area contributed by atoms with Gasteiger partial charge < -0.3 is 15.7 Å². The number of amides is 1. The molecule has 0 aliphatic carbocycles. The van der Waals surface area contributed by atoms with Crippen LogP contribution in [0.2, 0.25) is 0 Å². The molecule has 0 spiro atoms. The second-order valence-electron chi connectivity index (χ2n) is 4.95. The lowest BCUT2D eigenvalue weighted by Crippen LogP contribution is -2.44. The van der Waals surface area contributed by atoms with Gasteiger partial charge in [-0.25, -0.2) is 0 Å². The van der Waals surface area contributed by atoms with Crippen LogP contribution >= 0.6 is 0 Å². The molecule has 0 saturated carbocycles. The molecule has 1 aromatic carbocycles. The van der Waals surface area contributed by atoms with E-state index in [4.69, 9.17) is 10.8 Å². The van der Waals surface area contributed by atoms with Gasteiger partial charge in [0.25, 0.3) is 0 Å². The average Bonchev–Trinajstić information content (AvgIpc) is 2.39. The van der Waals surface area contributed by atoms with Crippen molar-refractivity contribution in [3.63, 3.8) is 0 Å². The van der Waals surface area contributed by atoms with Gasteiger partial charge in [0, 0.05) is 13.1 Å². The van der Waals surface area contributed by atoms with E-state index in [-0.39, 0.29) is 12.3 Å². The monoisotopic (exact) mass is 278 g/mol. The second kappa shape index (κ2) is 7.65. The molecule has 3 N–H and O–H groups in total. The van der Waals surface area contributed by atoms with Gasteiger partial charge in [-0.1, -0.05) is 36.8 Å². The molecular weight excluding hydrogens is 256 g/mol. The maximum Gasteiger partial charge on any atom is 0.305 e. The first-order valence-corrected chi connectivity index (χ1v) is 6.75. The Morgan fingerprint density at radius 1 is 1.30 bits per heavy atom. The van der Waals surface area contributed by atoms with Gasteiger partial charge >= 0.3 is 5.97 Å². The molecule has 0 radical (unpaired) electrons. The zero-order valence-corrected chi connectivity index (χ0v) is 12.0. The van der Waals surface area contributed by atoms with Crippen LogP contribution in [0.1, 0.15) is 30.9 Å². The van der Waals surface area contributed by atoms with Crippen molar-refractivity contribution in [3.8, 4) is 0 Å². The van der Waals surface area contributed by atoms with Crippen molar-refractivity contribution >= 4 is 11.9 Å². The molecule has 1 aromatic rings. The van der Waals surface area contributed by atoms with E-state index in [1.807, 2.05) is 38.1 Å². The van der Waals surface area contributed by atoms with Crippen LogP contribution in [0.3, 0.4) is 0 Å². The summed E-state index contributed by atoms with van der Waals surface area (Å²) in [6.07, 6.45) is 0.463. The second-order valence-corrected chi connectivity index (χ2v) is 4.95. The Balaban J connectivity index is 2.74. The van der Waals surface area contributed by atoms with Crippen LogP contribution in [-0.2, 0) is 16.1 Å². The van der Waals surface area contributed by atoms with Crippen LogP contribution in [0.4, 0.5) is 0 Å². The van der Waals surface area contributed by atoms with Gasteiger partial charge in [-0.05, 0) is 18.9 Å². The van der Waals surface area contributed by atoms with E-state index in [9.17, 15) is 9.59 Å². The highest BCUT2D eigenvalue weighted by atomic mass is 16.4. The van der Waals surface area contributed by atoms with Crippen molar-refractivity contribution in [1.82, 2.24) is 4.90 Å². The van der Waals surface area contributed by atoms with Crippen molar-refractivity contribution in [2.24, 2.45) is 5.73 Å².